The van der Waals surface area contributed by atoms with Gasteiger partial charge < -0.3 is 10.0 Å². The van der Waals surface area contributed by atoms with Crippen molar-refractivity contribution in [3.05, 3.63) is 63.2 Å². The van der Waals surface area contributed by atoms with E-state index in [0.717, 1.165) is 30.0 Å². The molecule has 166 valence electrons. The molecule has 0 saturated carbocycles. The summed E-state index contributed by atoms with van der Waals surface area (Å²) in [6.45, 7) is 3.85. The minimum atomic E-state index is -4.50. The van der Waals surface area contributed by atoms with Gasteiger partial charge in [0.05, 0.1) is 22.5 Å². The molecule has 1 N–H and O–H groups in total. The molecular formula is C23H24ClF3N2O2. The van der Waals surface area contributed by atoms with Crippen LogP contribution < -0.4 is 4.90 Å². The summed E-state index contributed by atoms with van der Waals surface area (Å²) in [5, 5.41) is 8.80. The number of carboxylic acids is 1. The van der Waals surface area contributed by atoms with Crippen LogP contribution in [0.1, 0.15) is 40.3 Å². The molecule has 4 rings (SSSR count). The van der Waals surface area contributed by atoms with Crippen molar-refractivity contribution in [1.29, 1.82) is 0 Å². The number of aliphatic carboxylic acids is 1. The molecule has 0 bridgehead atoms. The number of rotatable bonds is 5. The largest absolute Gasteiger partial charge is 0.481 e. The lowest BCUT2D eigenvalue weighted by molar-refractivity contribution is -0.147. The molecule has 1 aliphatic heterocycles. The van der Waals surface area contributed by atoms with Crippen molar-refractivity contribution in [3.8, 4) is 0 Å². The number of nitrogens with zero attached hydrogens (tertiary/aromatic N) is 2. The van der Waals surface area contributed by atoms with Crippen molar-refractivity contribution in [2.75, 3.05) is 25.0 Å². The second kappa shape index (κ2) is 8.02. The van der Waals surface area contributed by atoms with Crippen molar-refractivity contribution >= 4 is 23.3 Å². The molecule has 1 unspecified atom stereocenters. The van der Waals surface area contributed by atoms with Crippen LogP contribution in [0.25, 0.3) is 0 Å². The predicted octanol–water partition coefficient (Wildman–Crippen LogP) is 5.31. The maximum Gasteiger partial charge on any atom is 0.417 e. The molecule has 31 heavy (non-hydrogen) atoms. The molecule has 2 aromatic carbocycles. The Morgan fingerprint density at radius 3 is 2.61 bits per heavy atom. The molecule has 2 aromatic rings. The standard InChI is InChI=1S/C23H24ClF3N2O2/c1-13-3-5-17-16(18(13)12-29-10-14(11-29)22(30)31)6-8-21(17)28(2)15-4-7-20(24)19(9-15)23(25,26)27/h3-5,7,9,14,21H,6,8,10-12H2,1-2H3,(H,30,31). The van der Waals surface area contributed by atoms with Gasteiger partial charge in [-0.25, -0.2) is 0 Å². The minimum absolute atomic E-state index is 0.0280. The lowest BCUT2D eigenvalue weighted by Gasteiger charge is -2.37. The Bertz CT molecular complexity index is 1020. The van der Waals surface area contributed by atoms with Crippen LogP contribution >= 0.6 is 11.6 Å². The maximum atomic E-state index is 13.3. The molecule has 0 aromatic heterocycles. The first-order valence-corrected chi connectivity index (χ1v) is 10.6. The summed E-state index contributed by atoms with van der Waals surface area (Å²) >= 11 is 5.78. The number of hydrogen-bond acceptors (Lipinski definition) is 3. The van der Waals surface area contributed by atoms with Gasteiger partial charge in [-0.3, -0.25) is 9.69 Å². The Kier molecular flexibility index (Phi) is 5.68. The van der Waals surface area contributed by atoms with Gasteiger partial charge >= 0.3 is 12.1 Å². The van der Waals surface area contributed by atoms with E-state index >= 15 is 0 Å². The number of benzene rings is 2. The first kappa shape index (κ1) is 22.0. The van der Waals surface area contributed by atoms with E-state index in [1.807, 2.05) is 11.9 Å². The number of carbonyl (C=O) groups is 1. The van der Waals surface area contributed by atoms with E-state index in [2.05, 4.69) is 24.0 Å². The minimum Gasteiger partial charge on any atom is -0.481 e. The van der Waals surface area contributed by atoms with Gasteiger partial charge in [0.2, 0.25) is 0 Å². The third-order valence-electron chi connectivity index (χ3n) is 6.55. The molecule has 4 nitrogen and oxygen atoms in total. The van der Waals surface area contributed by atoms with Crippen molar-refractivity contribution in [2.24, 2.45) is 5.92 Å². The summed E-state index contributed by atoms with van der Waals surface area (Å²) in [6.07, 6.45) is -2.85. The average Bonchev–Trinajstić information content (AvgIpc) is 3.08. The smallest absolute Gasteiger partial charge is 0.417 e. The Morgan fingerprint density at radius 2 is 1.97 bits per heavy atom. The van der Waals surface area contributed by atoms with Gasteiger partial charge in [-0.15, -0.1) is 0 Å². The topological polar surface area (TPSA) is 43.8 Å². The molecular weight excluding hydrogens is 429 g/mol. The van der Waals surface area contributed by atoms with E-state index < -0.39 is 17.7 Å². The number of aryl methyl sites for hydroxylation is 1. The van der Waals surface area contributed by atoms with E-state index in [1.54, 1.807) is 6.07 Å². The molecule has 0 amide bonds. The van der Waals surface area contributed by atoms with Crippen LogP contribution in [0.15, 0.2) is 30.3 Å². The zero-order valence-electron chi connectivity index (χ0n) is 17.3. The zero-order valence-corrected chi connectivity index (χ0v) is 18.1. The lowest BCUT2D eigenvalue weighted by Crippen LogP contribution is -2.49. The monoisotopic (exact) mass is 452 g/mol. The van der Waals surface area contributed by atoms with Gasteiger partial charge in [-0.05, 0) is 60.2 Å². The van der Waals surface area contributed by atoms with E-state index in [4.69, 9.17) is 16.7 Å². The number of hydrogen-bond donors (Lipinski definition) is 1. The first-order chi connectivity index (χ1) is 14.6. The van der Waals surface area contributed by atoms with Gasteiger partial charge in [0, 0.05) is 32.4 Å². The summed E-state index contributed by atoms with van der Waals surface area (Å²) in [4.78, 5) is 15.1. The van der Waals surface area contributed by atoms with Crippen molar-refractivity contribution in [3.63, 3.8) is 0 Å². The van der Waals surface area contributed by atoms with E-state index in [0.29, 0.717) is 25.3 Å². The highest BCUT2D eigenvalue weighted by Gasteiger charge is 2.36. The fourth-order valence-electron chi connectivity index (χ4n) is 4.70. The SMILES string of the molecule is Cc1ccc2c(c1CN1CC(C(=O)O)C1)CCC2N(C)c1ccc(Cl)c(C(F)(F)F)c1. The Balaban J connectivity index is 1.59. The number of halogens is 4. The van der Waals surface area contributed by atoms with Crippen LogP contribution in [0.3, 0.4) is 0 Å². The highest BCUT2D eigenvalue weighted by Crippen LogP contribution is 2.43. The van der Waals surface area contributed by atoms with Crippen LogP contribution in [0, 0.1) is 12.8 Å². The van der Waals surface area contributed by atoms with Gasteiger partial charge in [-0.1, -0.05) is 23.7 Å². The fraction of sp³-hybridized carbons (Fsp3) is 0.435. The van der Waals surface area contributed by atoms with Gasteiger partial charge in [0.15, 0.2) is 0 Å². The second-order valence-corrected chi connectivity index (χ2v) is 8.89. The Labute approximate surface area is 184 Å². The third-order valence-corrected chi connectivity index (χ3v) is 6.88. The molecule has 0 spiro atoms. The van der Waals surface area contributed by atoms with Gasteiger partial charge in [0.1, 0.15) is 0 Å². The molecule has 1 saturated heterocycles. The average molecular weight is 453 g/mol. The molecule has 1 heterocycles. The van der Waals surface area contributed by atoms with Gasteiger partial charge in [0.25, 0.3) is 0 Å². The highest BCUT2D eigenvalue weighted by molar-refractivity contribution is 6.31. The molecule has 2 aliphatic rings. The summed E-state index contributed by atoms with van der Waals surface area (Å²) < 4.78 is 39.9. The number of carboxylic acid groups (broad SMARTS) is 1. The predicted molar refractivity (Wildman–Crippen MR) is 114 cm³/mol. The molecule has 8 heteroatoms. The third kappa shape index (κ3) is 4.13. The van der Waals surface area contributed by atoms with Crippen LogP contribution in [-0.2, 0) is 23.9 Å². The number of likely N-dealkylation sites (tertiary alicyclic amines) is 1. The van der Waals surface area contributed by atoms with Crippen molar-refractivity contribution in [2.45, 2.75) is 38.5 Å². The van der Waals surface area contributed by atoms with Gasteiger partial charge in [-0.2, -0.15) is 13.2 Å². The Hall–Kier alpha value is -2.25. The second-order valence-electron chi connectivity index (χ2n) is 8.49. The summed E-state index contributed by atoms with van der Waals surface area (Å²) in [5.74, 6) is -1.06. The van der Waals surface area contributed by atoms with Crippen LogP contribution in [-0.4, -0.2) is 36.1 Å². The van der Waals surface area contributed by atoms with Crippen LogP contribution in [0.4, 0.5) is 18.9 Å². The quantitative estimate of drug-likeness (QED) is 0.668. The molecule has 1 aliphatic carbocycles. The number of fused-ring (bicyclic) bond motifs is 1. The summed E-state index contributed by atoms with van der Waals surface area (Å²) in [6, 6.07) is 8.13. The van der Waals surface area contributed by atoms with E-state index in [-0.39, 0.29) is 17.0 Å². The van der Waals surface area contributed by atoms with E-state index in [1.165, 1.54) is 17.2 Å². The van der Waals surface area contributed by atoms with Crippen molar-refractivity contribution in [1.82, 2.24) is 4.90 Å². The number of alkyl halides is 3. The van der Waals surface area contributed by atoms with Crippen LogP contribution in [0.2, 0.25) is 5.02 Å². The number of anilines is 1. The summed E-state index contributed by atoms with van der Waals surface area (Å²) in [5.41, 5.74) is 4.38. The lowest BCUT2D eigenvalue weighted by atomic mass is 9.94. The molecule has 0 radical (unpaired) electrons. The highest BCUT2D eigenvalue weighted by atomic mass is 35.5. The Morgan fingerprint density at radius 1 is 1.26 bits per heavy atom. The molecule has 1 atom stereocenters. The maximum absolute atomic E-state index is 13.3. The fourth-order valence-corrected chi connectivity index (χ4v) is 4.93. The molecule has 1 fully saturated rings. The van der Waals surface area contributed by atoms with Crippen molar-refractivity contribution < 1.29 is 23.1 Å². The first-order valence-electron chi connectivity index (χ1n) is 10.2. The summed E-state index contributed by atoms with van der Waals surface area (Å²) in [7, 11) is 1.82. The van der Waals surface area contributed by atoms with E-state index in [9.17, 15) is 18.0 Å². The zero-order chi connectivity index (χ0) is 22.5. The van der Waals surface area contributed by atoms with Crippen LogP contribution in [0.5, 0.6) is 0 Å². The normalized spacial score (nSPS) is 19.2.